The van der Waals surface area contributed by atoms with Gasteiger partial charge in [0.05, 0.1) is 12.0 Å². The van der Waals surface area contributed by atoms with Crippen LogP contribution in [0.2, 0.25) is 0 Å². The van der Waals surface area contributed by atoms with E-state index in [1.165, 1.54) is 0 Å². The maximum atomic E-state index is 10.5. The molecule has 0 atom stereocenters. The molecule has 0 aliphatic carbocycles. The first-order valence-electron chi connectivity index (χ1n) is 3.95. The summed E-state index contributed by atoms with van der Waals surface area (Å²) >= 11 is 3.22. The summed E-state index contributed by atoms with van der Waals surface area (Å²) in [6.45, 7) is 1.83. The Labute approximate surface area is 90.1 Å². The fourth-order valence-corrected chi connectivity index (χ4v) is 1.67. The first-order valence-corrected chi connectivity index (χ1v) is 4.75. The van der Waals surface area contributed by atoms with E-state index in [0.29, 0.717) is 15.6 Å². The number of aliphatic carboxylic acids is 1. The summed E-state index contributed by atoms with van der Waals surface area (Å²) in [5, 5.41) is 17.4. The van der Waals surface area contributed by atoms with Gasteiger partial charge in [-0.15, -0.1) is 0 Å². The molecule has 0 saturated heterocycles. The zero-order valence-corrected chi connectivity index (χ0v) is 9.13. The highest BCUT2D eigenvalue weighted by Gasteiger charge is 2.09. The first-order chi connectivity index (χ1) is 6.54. The summed E-state index contributed by atoms with van der Waals surface area (Å²) in [5.74, 6) is -0.903. The fraction of sp³-hybridized carbons (Fsp3) is 0.200. The molecular formula is C10H8BrNO2. The maximum absolute atomic E-state index is 10.5. The standard InChI is InChI=1S/C10H8BrNO2/c1-6-2-7(4-9(13)14)10(11)8(3-6)5-12/h2-3H,4H2,1H3,(H,13,14). The van der Waals surface area contributed by atoms with Gasteiger partial charge in [-0.25, -0.2) is 0 Å². The van der Waals surface area contributed by atoms with Crippen molar-refractivity contribution in [2.24, 2.45) is 0 Å². The van der Waals surface area contributed by atoms with E-state index in [2.05, 4.69) is 15.9 Å². The highest BCUT2D eigenvalue weighted by molar-refractivity contribution is 9.10. The SMILES string of the molecule is Cc1cc(C#N)c(Br)c(CC(=O)O)c1. The van der Waals surface area contributed by atoms with E-state index < -0.39 is 5.97 Å². The molecule has 0 aliphatic rings. The van der Waals surface area contributed by atoms with Crippen molar-refractivity contribution < 1.29 is 9.90 Å². The predicted octanol–water partition coefficient (Wildman–Crippen LogP) is 2.26. The molecule has 0 amide bonds. The van der Waals surface area contributed by atoms with Crippen LogP contribution in [0, 0.1) is 18.3 Å². The monoisotopic (exact) mass is 253 g/mol. The summed E-state index contributed by atoms with van der Waals surface area (Å²) in [4.78, 5) is 10.5. The Morgan fingerprint density at radius 2 is 2.29 bits per heavy atom. The van der Waals surface area contributed by atoms with Gasteiger partial charge in [0.15, 0.2) is 0 Å². The van der Waals surface area contributed by atoms with Crippen molar-refractivity contribution in [3.8, 4) is 6.07 Å². The second kappa shape index (κ2) is 4.25. The van der Waals surface area contributed by atoms with Crippen molar-refractivity contribution in [1.29, 1.82) is 5.26 Å². The number of nitrogens with zero attached hydrogens (tertiary/aromatic N) is 1. The van der Waals surface area contributed by atoms with Crippen LogP contribution in [-0.4, -0.2) is 11.1 Å². The summed E-state index contributed by atoms with van der Waals surface area (Å²) < 4.78 is 0.577. The van der Waals surface area contributed by atoms with Crippen molar-refractivity contribution in [3.05, 3.63) is 33.3 Å². The highest BCUT2D eigenvalue weighted by Crippen LogP contribution is 2.23. The van der Waals surface area contributed by atoms with Gasteiger partial charge in [-0.1, -0.05) is 6.07 Å². The number of aryl methyl sites for hydroxylation is 1. The Bertz CT molecular complexity index is 421. The van der Waals surface area contributed by atoms with Gasteiger partial charge in [0.2, 0.25) is 0 Å². The second-order valence-corrected chi connectivity index (χ2v) is 3.76. The molecule has 0 saturated carbocycles. The predicted molar refractivity (Wildman–Crippen MR) is 54.9 cm³/mol. The van der Waals surface area contributed by atoms with E-state index in [0.717, 1.165) is 5.56 Å². The molecule has 1 aromatic rings. The van der Waals surface area contributed by atoms with Crippen molar-refractivity contribution >= 4 is 21.9 Å². The molecule has 1 aromatic carbocycles. The molecule has 72 valence electrons. The molecule has 3 nitrogen and oxygen atoms in total. The molecular weight excluding hydrogens is 246 g/mol. The topological polar surface area (TPSA) is 61.1 Å². The molecule has 0 unspecified atom stereocenters. The molecule has 0 radical (unpaired) electrons. The van der Waals surface area contributed by atoms with Gasteiger partial charge in [0.1, 0.15) is 6.07 Å². The molecule has 0 fully saturated rings. The average Bonchev–Trinajstić information content (AvgIpc) is 2.09. The second-order valence-electron chi connectivity index (χ2n) is 2.97. The lowest BCUT2D eigenvalue weighted by Gasteiger charge is -2.04. The highest BCUT2D eigenvalue weighted by atomic mass is 79.9. The third-order valence-corrected chi connectivity index (χ3v) is 2.69. The number of benzene rings is 1. The van der Waals surface area contributed by atoms with Crippen LogP contribution < -0.4 is 0 Å². The number of carbonyl (C=O) groups is 1. The Kier molecular flexibility index (Phi) is 3.26. The molecule has 14 heavy (non-hydrogen) atoms. The van der Waals surface area contributed by atoms with Crippen LogP contribution in [0.1, 0.15) is 16.7 Å². The smallest absolute Gasteiger partial charge is 0.307 e. The van der Waals surface area contributed by atoms with Crippen LogP contribution in [-0.2, 0) is 11.2 Å². The third-order valence-electron chi connectivity index (χ3n) is 1.75. The molecule has 0 heterocycles. The Morgan fingerprint density at radius 1 is 1.64 bits per heavy atom. The van der Waals surface area contributed by atoms with Crippen LogP contribution in [0.5, 0.6) is 0 Å². The van der Waals surface area contributed by atoms with Crippen LogP contribution in [0.4, 0.5) is 0 Å². The van der Waals surface area contributed by atoms with Gasteiger partial charge in [-0.2, -0.15) is 5.26 Å². The third kappa shape index (κ3) is 2.33. The Hall–Kier alpha value is -1.34. The maximum Gasteiger partial charge on any atom is 0.307 e. The molecule has 0 spiro atoms. The first kappa shape index (κ1) is 10.7. The number of rotatable bonds is 2. The lowest BCUT2D eigenvalue weighted by atomic mass is 10.1. The van der Waals surface area contributed by atoms with Crippen molar-refractivity contribution in [2.45, 2.75) is 13.3 Å². The van der Waals surface area contributed by atoms with E-state index in [-0.39, 0.29) is 6.42 Å². The minimum absolute atomic E-state index is 0.0725. The summed E-state index contributed by atoms with van der Waals surface area (Å²) in [6.07, 6.45) is -0.0725. The molecule has 1 N–H and O–H groups in total. The van der Waals surface area contributed by atoms with Gasteiger partial charge >= 0.3 is 5.97 Å². The zero-order chi connectivity index (χ0) is 10.7. The van der Waals surface area contributed by atoms with Gasteiger partial charge in [-0.3, -0.25) is 4.79 Å². The quantitative estimate of drug-likeness (QED) is 0.880. The van der Waals surface area contributed by atoms with Gasteiger partial charge in [0, 0.05) is 4.47 Å². The molecule has 0 bridgehead atoms. The average molecular weight is 254 g/mol. The van der Waals surface area contributed by atoms with E-state index in [1.807, 2.05) is 13.0 Å². The van der Waals surface area contributed by atoms with Crippen molar-refractivity contribution in [2.75, 3.05) is 0 Å². The summed E-state index contributed by atoms with van der Waals surface area (Å²) in [5.41, 5.74) is 2.00. The molecule has 4 heteroatoms. The van der Waals surface area contributed by atoms with Crippen LogP contribution in [0.15, 0.2) is 16.6 Å². The lowest BCUT2D eigenvalue weighted by molar-refractivity contribution is -0.136. The lowest BCUT2D eigenvalue weighted by Crippen LogP contribution is -2.02. The van der Waals surface area contributed by atoms with E-state index in [1.54, 1.807) is 12.1 Å². The minimum atomic E-state index is -0.903. The Morgan fingerprint density at radius 3 is 2.79 bits per heavy atom. The molecule has 0 aliphatic heterocycles. The minimum Gasteiger partial charge on any atom is -0.481 e. The Balaban J connectivity index is 3.23. The summed E-state index contributed by atoms with van der Waals surface area (Å²) in [6, 6.07) is 5.49. The van der Waals surface area contributed by atoms with E-state index >= 15 is 0 Å². The van der Waals surface area contributed by atoms with Crippen molar-refractivity contribution in [3.63, 3.8) is 0 Å². The summed E-state index contributed by atoms with van der Waals surface area (Å²) in [7, 11) is 0. The number of carboxylic acids is 1. The number of halogens is 1. The van der Waals surface area contributed by atoms with Gasteiger partial charge in [0.25, 0.3) is 0 Å². The number of carboxylic acid groups (broad SMARTS) is 1. The largest absolute Gasteiger partial charge is 0.481 e. The molecule has 1 rings (SSSR count). The van der Waals surface area contributed by atoms with Crippen LogP contribution in [0.3, 0.4) is 0 Å². The van der Waals surface area contributed by atoms with Crippen molar-refractivity contribution in [1.82, 2.24) is 0 Å². The van der Waals surface area contributed by atoms with E-state index in [9.17, 15) is 4.79 Å². The number of hydrogen-bond acceptors (Lipinski definition) is 2. The fourth-order valence-electron chi connectivity index (χ4n) is 1.22. The van der Waals surface area contributed by atoms with Gasteiger partial charge < -0.3 is 5.11 Å². The van der Waals surface area contributed by atoms with Crippen LogP contribution >= 0.6 is 15.9 Å². The zero-order valence-electron chi connectivity index (χ0n) is 7.54. The van der Waals surface area contributed by atoms with Gasteiger partial charge in [-0.05, 0) is 40.0 Å². The number of hydrogen-bond donors (Lipinski definition) is 1. The number of nitriles is 1. The van der Waals surface area contributed by atoms with E-state index in [4.69, 9.17) is 10.4 Å². The van der Waals surface area contributed by atoms with Crippen LogP contribution in [0.25, 0.3) is 0 Å². The molecule has 0 aromatic heterocycles. The normalized spacial score (nSPS) is 9.50.